The number of rotatable bonds is 3. The Morgan fingerprint density at radius 1 is 0.778 bits per heavy atom. The maximum atomic E-state index is 3.36. The number of hydrogen-bond donors (Lipinski definition) is 0. The van der Waals surface area contributed by atoms with Crippen molar-refractivity contribution < 1.29 is 26.2 Å². The molecule has 10 radical (unpaired) electrons. The van der Waals surface area contributed by atoms with Gasteiger partial charge in [-0.2, -0.15) is 0 Å². The van der Waals surface area contributed by atoms with Gasteiger partial charge in [0.1, 0.15) is 0 Å². The molecule has 0 amide bonds. The Morgan fingerprint density at radius 3 is 1.28 bits per heavy atom. The summed E-state index contributed by atoms with van der Waals surface area (Å²) in [6.45, 7) is 11.5. The molecule has 0 aromatic heterocycles. The molecule has 0 aliphatic heterocycles. The fourth-order valence-electron chi connectivity index (χ4n) is 1.75. The molecular formula is C16H20SiZr+2. The van der Waals surface area contributed by atoms with Crippen LogP contribution in [-0.4, -0.2) is 8.07 Å². The molecule has 0 aromatic rings. The molecule has 0 unspecified atom stereocenters. The van der Waals surface area contributed by atoms with Gasteiger partial charge in [-0.25, -0.2) is 0 Å². The molecule has 0 saturated heterocycles. The van der Waals surface area contributed by atoms with Crippen molar-refractivity contribution in [3.05, 3.63) is 87.8 Å². The van der Waals surface area contributed by atoms with Gasteiger partial charge >= 0.3 is 26.2 Å². The Balaban J connectivity index is 0.000000512. The molecule has 0 atom stereocenters. The van der Waals surface area contributed by atoms with E-state index in [-0.39, 0.29) is 26.2 Å². The SMILES string of the molecule is C=CC=C.C[Si](C)([C]1[CH][CH][CH][CH]1)[C]1[CH][CH][CH][CH]1.[Zr+2]. The third kappa shape index (κ3) is 5.29. The third-order valence-electron chi connectivity index (χ3n) is 2.94. The molecule has 0 nitrogen and oxygen atoms in total. The fourth-order valence-corrected chi connectivity index (χ4v) is 4.13. The zero-order valence-corrected chi connectivity index (χ0v) is 14.6. The first kappa shape index (κ1) is 18.6. The molecule has 0 spiro atoms. The maximum absolute atomic E-state index is 3.36. The normalized spacial score (nSPS) is 20.8. The van der Waals surface area contributed by atoms with Crippen molar-refractivity contribution in [2.45, 2.75) is 13.1 Å². The number of hydrogen-bond acceptors (Lipinski definition) is 0. The molecule has 0 N–H and O–H groups in total. The first-order chi connectivity index (χ1) is 8.12. The first-order valence-electron chi connectivity index (χ1n) is 5.80. The summed E-state index contributed by atoms with van der Waals surface area (Å²) >= 11 is 0. The Hall–Kier alpha value is 0.580. The van der Waals surface area contributed by atoms with E-state index < -0.39 is 8.07 Å². The van der Waals surface area contributed by atoms with Crippen LogP contribution in [-0.2, 0) is 26.2 Å². The second kappa shape index (κ2) is 9.48. The largest absolute Gasteiger partial charge is 2.00 e. The summed E-state index contributed by atoms with van der Waals surface area (Å²) < 4.78 is 0. The molecule has 0 bridgehead atoms. The predicted molar refractivity (Wildman–Crippen MR) is 78.8 cm³/mol. The van der Waals surface area contributed by atoms with Crippen molar-refractivity contribution in [2.75, 3.05) is 0 Å². The van der Waals surface area contributed by atoms with Crippen molar-refractivity contribution in [1.82, 2.24) is 0 Å². The van der Waals surface area contributed by atoms with Crippen molar-refractivity contribution in [1.29, 1.82) is 0 Å². The Labute approximate surface area is 134 Å². The van der Waals surface area contributed by atoms with Crippen LogP contribution in [0.1, 0.15) is 0 Å². The zero-order chi connectivity index (χ0) is 12.7. The molecule has 2 fully saturated rings. The second-order valence-electron chi connectivity index (χ2n) is 4.44. The van der Waals surface area contributed by atoms with E-state index in [9.17, 15) is 0 Å². The van der Waals surface area contributed by atoms with E-state index in [1.165, 1.54) is 11.1 Å². The average Bonchev–Trinajstić information content (AvgIpc) is 3.01. The summed E-state index contributed by atoms with van der Waals surface area (Å²) in [5.41, 5.74) is 3.05. The summed E-state index contributed by atoms with van der Waals surface area (Å²) in [6, 6.07) is 0. The van der Waals surface area contributed by atoms with E-state index in [1.54, 1.807) is 12.2 Å². The maximum Gasteiger partial charge on any atom is 2.00 e. The molecule has 2 rings (SSSR count). The molecule has 90 valence electrons. The average molecular weight is 332 g/mol. The van der Waals surface area contributed by atoms with Gasteiger partial charge in [0.2, 0.25) is 0 Å². The van der Waals surface area contributed by atoms with Gasteiger partial charge in [0, 0.05) is 0 Å². The summed E-state index contributed by atoms with van der Waals surface area (Å²) in [5.74, 6) is 0. The molecule has 0 heterocycles. The standard InChI is InChI=1S/C12H14Si.C4H6.Zr/c1-13(2,11-7-3-4-8-11)12-9-5-6-10-12;1-3-4-2;/h3-10H,1-2H3;3-4H,1-2H2;/q;;+2. The molecule has 2 aliphatic rings. The van der Waals surface area contributed by atoms with E-state index in [0.29, 0.717) is 0 Å². The predicted octanol–water partition coefficient (Wildman–Crippen LogP) is 3.94. The van der Waals surface area contributed by atoms with Crippen LogP contribution in [0.25, 0.3) is 0 Å². The Kier molecular flexibility index (Phi) is 9.78. The smallest absolute Gasteiger partial charge is 0.0991 e. The first-order valence-corrected chi connectivity index (χ1v) is 8.80. The van der Waals surface area contributed by atoms with Gasteiger partial charge < -0.3 is 0 Å². The molecule has 2 saturated carbocycles. The molecule has 0 aromatic carbocycles. The van der Waals surface area contributed by atoms with Crippen LogP contribution in [0.3, 0.4) is 0 Å². The summed E-state index contributed by atoms with van der Waals surface area (Å²) in [7, 11) is -1.35. The summed E-state index contributed by atoms with van der Waals surface area (Å²) in [5, 5.41) is 0. The van der Waals surface area contributed by atoms with Crippen LogP contribution in [0.15, 0.2) is 25.3 Å². The third-order valence-corrected chi connectivity index (χ3v) is 6.49. The van der Waals surface area contributed by atoms with Gasteiger partial charge in [-0.05, 0) is 62.4 Å². The van der Waals surface area contributed by atoms with Gasteiger partial charge in [-0.15, -0.1) is 0 Å². The van der Waals surface area contributed by atoms with Crippen LogP contribution < -0.4 is 0 Å². The van der Waals surface area contributed by atoms with Crippen molar-refractivity contribution in [3.8, 4) is 0 Å². The molecule has 18 heavy (non-hydrogen) atoms. The van der Waals surface area contributed by atoms with Crippen molar-refractivity contribution in [3.63, 3.8) is 0 Å². The minimum Gasteiger partial charge on any atom is -0.0991 e. The minimum absolute atomic E-state index is 0. The van der Waals surface area contributed by atoms with Crippen molar-refractivity contribution >= 4 is 8.07 Å². The van der Waals surface area contributed by atoms with E-state index in [4.69, 9.17) is 0 Å². The van der Waals surface area contributed by atoms with E-state index in [1.807, 2.05) is 0 Å². The number of allylic oxidation sites excluding steroid dienone is 2. The van der Waals surface area contributed by atoms with Crippen molar-refractivity contribution in [2.24, 2.45) is 0 Å². The van der Waals surface area contributed by atoms with Crippen LogP contribution in [0.2, 0.25) is 13.1 Å². The zero-order valence-electron chi connectivity index (χ0n) is 11.2. The van der Waals surface area contributed by atoms with Crippen LogP contribution in [0.5, 0.6) is 0 Å². The van der Waals surface area contributed by atoms with Crippen LogP contribution in [0, 0.1) is 62.4 Å². The monoisotopic (exact) mass is 330 g/mol. The van der Waals surface area contributed by atoms with Gasteiger partial charge in [0.25, 0.3) is 0 Å². The molecule has 2 aliphatic carbocycles. The molecule has 2 heteroatoms. The second-order valence-corrected chi connectivity index (χ2v) is 8.85. The van der Waals surface area contributed by atoms with Crippen LogP contribution >= 0.6 is 0 Å². The summed E-state index contributed by atoms with van der Waals surface area (Å²) in [6.07, 6.45) is 20.8. The Morgan fingerprint density at radius 2 is 1.06 bits per heavy atom. The van der Waals surface area contributed by atoms with Gasteiger partial charge in [0.15, 0.2) is 0 Å². The fraction of sp³-hybridized carbons (Fsp3) is 0.125. The van der Waals surface area contributed by atoms with Gasteiger partial charge in [0.05, 0.1) is 8.07 Å². The topological polar surface area (TPSA) is 0 Å². The molecular weight excluding hydrogens is 311 g/mol. The summed E-state index contributed by atoms with van der Waals surface area (Å²) in [4.78, 5) is 0. The van der Waals surface area contributed by atoms with Gasteiger partial charge in [-0.1, -0.05) is 38.4 Å². The van der Waals surface area contributed by atoms with Gasteiger partial charge in [-0.3, -0.25) is 0 Å². The van der Waals surface area contributed by atoms with Crippen LogP contribution in [0.4, 0.5) is 0 Å². The Bertz CT molecular complexity index is 211. The minimum atomic E-state index is -1.35. The van der Waals surface area contributed by atoms with E-state index >= 15 is 0 Å². The quantitative estimate of drug-likeness (QED) is 0.543. The van der Waals surface area contributed by atoms with E-state index in [0.717, 1.165) is 0 Å². The van der Waals surface area contributed by atoms with E-state index in [2.05, 4.69) is 77.6 Å².